The van der Waals surface area contributed by atoms with Crippen molar-refractivity contribution in [2.24, 2.45) is 0 Å². The summed E-state index contributed by atoms with van der Waals surface area (Å²) in [6.45, 7) is 1.83. The number of benzene rings is 2. The Morgan fingerprint density at radius 1 is 1.06 bits per heavy atom. The van der Waals surface area contributed by atoms with Crippen molar-refractivity contribution in [2.75, 3.05) is 36.8 Å². The zero-order valence-corrected chi connectivity index (χ0v) is 19.7. The first-order valence-electron chi connectivity index (χ1n) is 11.2. The summed E-state index contributed by atoms with van der Waals surface area (Å²) in [6.07, 6.45) is 0.911. The summed E-state index contributed by atoms with van der Waals surface area (Å²) in [5, 5.41) is 7.98. The highest BCUT2D eigenvalue weighted by atomic mass is 35.5. The topological polar surface area (TPSA) is 119 Å². The number of anilines is 2. The zero-order valence-electron chi connectivity index (χ0n) is 19.0. The maximum Gasteiger partial charge on any atom is 0.276 e. The summed E-state index contributed by atoms with van der Waals surface area (Å²) >= 11 is 5.92. The summed E-state index contributed by atoms with van der Waals surface area (Å²) in [6, 6.07) is 9.70. The maximum atomic E-state index is 13.3. The third-order valence-electron chi connectivity index (χ3n) is 5.59. The molecule has 1 saturated heterocycles. The molecule has 3 aromatic rings. The van der Waals surface area contributed by atoms with Gasteiger partial charge in [-0.15, -0.1) is 0 Å². The SMILES string of the molecule is O=C(Nc1ccc(NC(=O)c2nc[nH]c2C(=O)NCCN2CC[C@@H](F)C2)cc1)c1ccc(F)cc1Cl. The number of imidazole rings is 1. The molecule has 9 nitrogen and oxygen atoms in total. The number of amides is 3. The van der Waals surface area contributed by atoms with Crippen LogP contribution in [-0.4, -0.2) is 64.9 Å². The van der Waals surface area contributed by atoms with Crippen LogP contribution in [0.1, 0.15) is 37.8 Å². The van der Waals surface area contributed by atoms with Gasteiger partial charge in [0.2, 0.25) is 0 Å². The molecule has 1 aliphatic heterocycles. The number of carbonyl (C=O) groups excluding carboxylic acids is 3. The number of aromatic amines is 1. The number of aromatic nitrogens is 2. The summed E-state index contributed by atoms with van der Waals surface area (Å²) < 4.78 is 26.4. The molecule has 4 N–H and O–H groups in total. The fourth-order valence-corrected chi connectivity index (χ4v) is 4.00. The number of rotatable bonds is 8. The molecule has 0 saturated carbocycles. The van der Waals surface area contributed by atoms with Gasteiger partial charge in [0.25, 0.3) is 17.7 Å². The minimum absolute atomic E-state index is 0.0114. The molecule has 1 aromatic heterocycles. The van der Waals surface area contributed by atoms with E-state index in [9.17, 15) is 23.2 Å². The Labute approximate surface area is 210 Å². The molecule has 3 amide bonds. The summed E-state index contributed by atoms with van der Waals surface area (Å²) in [4.78, 5) is 46.1. The van der Waals surface area contributed by atoms with Gasteiger partial charge >= 0.3 is 0 Å². The van der Waals surface area contributed by atoms with E-state index < -0.39 is 29.7 Å². The molecule has 0 radical (unpaired) electrons. The monoisotopic (exact) mass is 516 g/mol. The Hall–Kier alpha value is -3.83. The van der Waals surface area contributed by atoms with Gasteiger partial charge in [-0.25, -0.2) is 13.8 Å². The van der Waals surface area contributed by atoms with Crippen LogP contribution in [0, 0.1) is 5.82 Å². The first-order valence-corrected chi connectivity index (χ1v) is 11.5. The molecular weight excluding hydrogens is 494 g/mol. The van der Waals surface area contributed by atoms with Gasteiger partial charge < -0.3 is 20.9 Å². The van der Waals surface area contributed by atoms with Crippen LogP contribution in [0.3, 0.4) is 0 Å². The quantitative estimate of drug-likeness (QED) is 0.365. The third kappa shape index (κ3) is 6.23. The van der Waals surface area contributed by atoms with E-state index in [0.717, 1.165) is 12.1 Å². The van der Waals surface area contributed by atoms with Crippen molar-refractivity contribution in [3.05, 3.63) is 76.6 Å². The molecule has 0 bridgehead atoms. The van der Waals surface area contributed by atoms with Crippen molar-refractivity contribution < 1.29 is 23.2 Å². The fourth-order valence-electron chi connectivity index (χ4n) is 3.74. The van der Waals surface area contributed by atoms with E-state index in [2.05, 4.69) is 25.9 Å². The van der Waals surface area contributed by atoms with Crippen molar-refractivity contribution in [1.29, 1.82) is 0 Å². The van der Waals surface area contributed by atoms with Crippen LogP contribution in [-0.2, 0) is 0 Å². The number of likely N-dealkylation sites (tertiary alicyclic amines) is 1. The van der Waals surface area contributed by atoms with E-state index in [1.165, 1.54) is 12.4 Å². The highest BCUT2D eigenvalue weighted by Gasteiger charge is 2.23. The first-order chi connectivity index (χ1) is 17.3. The van der Waals surface area contributed by atoms with Gasteiger partial charge in [-0.2, -0.15) is 0 Å². The van der Waals surface area contributed by atoms with Crippen LogP contribution < -0.4 is 16.0 Å². The molecule has 1 atom stereocenters. The summed E-state index contributed by atoms with van der Waals surface area (Å²) in [5.41, 5.74) is 0.877. The number of halogens is 3. The van der Waals surface area contributed by atoms with E-state index in [0.29, 0.717) is 44.0 Å². The van der Waals surface area contributed by atoms with E-state index in [-0.39, 0.29) is 22.0 Å². The van der Waals surface area contributed by atoms with E-state index in [1.54, 1.807) is 24.3 Å². The smallest absolute Gasteiger partial charge is 0.276 e. The Morgan fingerprint density at radius 3 is 2.39 bits per heavy atom. The number of hydrogen-bond donors (Lipinski definition) is 4. The van der Waals surface area contributed by atoms with Gasteiger partial charge in [0.15, 0.2) is 5.69 Å². The average molecular weight is 517 g/mol. The molecule has 0 unspecified atom stereocenters. The second-order valence-electron chi connectivity index (χ2n) is 8.18. The van der Waals surface area contributed by atoms with Gasteiger partial charge in [0, 0.05) is 37.6 Å². The first kappa shape index (κ1) is 25.3. The lowest BCUT2D eigenvalue weighted by atomic mass is 10.2. The second-order valence-corrected chi connectivity index (χ2v) is 8.59. The highest BCUT2D eigenvalue weighted by Crippen LogP contribution is 2.20. The largest absolute Gasteiger partial charge is 0.349 e. The Balaban J connectivity index is 1.31. The van der Waals surface area contributed by atoms with Crippen LogP contribution in [0.5, 0.6) is 0 Å². The second kappa shape index (κ2) is 11.3. The van der Waals surface area contributed by atoms with Crippen LogP contribution in [0.2, 0.25) is 5.02 Å². The molecule has 36 heavy (non-hydrogen) atoms. The molecule has 1 aliphatic rings. The summed E-state index contributed by atoms with van der Waals surface area (Å²) in [7, 11) is 0. The maximum absolute atomic E-state index is 13.3. The molecule has 2 heterocycles. The van der Waals surface area contributed by atoms with Gasteiger partial charge in [-0.1, -0.05) is 11.6 Å². The minimum atomic E-state index is -0.831. The Kier molecular flexibility index (Phi) is 7.91. The van der Waals surface area contributed by atoms with E-state index >= 15 is 0 Å². The van der Waals surface area contributed by atoms with Crippen molar-refractivity contribution >= 4 is 40.7 Å². The van der Waals surface area contributed by atoms with Crippen LogP contribution >= 0.6 is 11.6 Å². The third-order valence-corrected chi connectivity index (χ3v) is 5.90. The molecule has 188 valence electrons. The molecule has 4 rings (SSSR count). The van der Waals surface area contributed by atoms with Crippen LogP contribution in [0.4, 0.5) is 20.2 Å². The number of nitrogens with zero attached hydrogens (tertiary/aromatic N) is 2. The highest BCUT2D eigenvalue weighted by molar-refractivity contribution is 6.34. The van der Waals surface area contributed by atoms with Crippen LogP contribution in [0.15, 0.2) is 48.8 Å². The minimum Gasteiger partial charge on any atom is -0.349 e. The molecule has 2 aromatic carbocycles. The number of H-pyrrole nitrogens is 1. The van der Waals surface area contributed by atoms with Gasteiger partial charge in [-0.05, 0) is 48.9 Å². The number of carbonyl (C=O) groups is 3. The molecular formula is C24H23ClF2N6O3. The van der Waals surface area contributed by atoms with Gasteiger partial charge in [0.1, 0.15) is 17.7 Å². The lowest BCUT2D eigenvalue weighted by Crippen LogP contribution is -2.35. The standard InChI is InChI=1S/C24H23ClF2N6O3/c25-19-11-14(26)1-6-18(19)22(34)31-16-2-4-17(5-3-16)32-24(36)21-20(29-13-30-21)23(35)28-8-10-33-9-7-15(27)12-33/h1-6,11,13,15H,7-10,12H2,(H,28,35)(H,29,30)(H,31,34)(H,32,36)/t15-/m1/s1. The van der Waals surface area contributed by atoms with E-state index in [1.807, 2.05) is 4.90 Å². The molecule has 0 aliphatic carbocycles. The average Bonchev–Trinajstić information content (AvgIpc) is 3.49. The van der Waals surface area contributed by atoms with Crippen molar-refractivity contribution in [3.8, 4) is 0 Å². The van der Waals surface area contributed by atoms with Crippen molar-refractivity contribution in [3.63, 3.8) is 0 Å². The number of nitrogens with one attached hydrogen (secondary N) is 4. The van der Waals surface area contributed by atoms with Gasteiger partial charge in [0.05, 0.1) is 16.9 Å². The lowest BCUT2D eigenvalue weighted by Gasteiger charge is -2.14. The van der Waals surface area contributed by atoms with Crippen molar-refractivity contribution in [1.82, 2.24) is 20.2 Å². The van der Waals surface area contributed by atoms with E-state index in [4.69, 9.17) is 11.6 Å². The molecule has 0 spiro atoms. The number of alkyl halides is 1. The fraction of sp³-hybridized carbons (Fsp3) is 0.250. The number of hydrogen-bond acceptors (Lipinski definition) is 5. The zero-order chi connectivity index (χ0) is 25.7. The predicted octanol–water partition coefficient (Wildman–Crippen LogP) is 3.48. The van der Waals surface area contributed by atoms with Gasteiger partial charge in [-0.3, -0.25) is 19.3 Å². The normalized spacial score (nSPS) is 15.5. The summed E-state index contributed by atoms with van der Waals surface area (Å²) in [5.74, 6) is -2.16. The molecule has 1 fully saturated rings. The predicted molar refractivity (Wildman–Crippen MR) is 131 cm³/mol. The van der Waals surface area contributed by atoms with Crippen LogP contribution in [0.25, 0.3) is 0 Å². The Bertz CT molecular complexity index is 1270. The van der Waals surface area contributed by atoms with Crippen molar-refractivity contribution in [2.45, 2.75) is 12.6 Å². The Morgan fingerprint density at radius 2 is 1.75 bits per heavy atom. The molecule has 12 heteroatoms. The lowest BCUT2D eigenvalue weighted by molar-refractivity contribution is 0.0931.